The lowest BCUT2D eigenvalue weighted by Gasteiger charge is -2.08. The predicted molar refractivity (Wildman–Crippen MR) is 69.9 cm³/mol. The Morgan fingerprint density at radius 3 is 2.79 bits per heavy atom. The number of rotatable bonds is 3. The first-order valence-electron chi connectivity index (χ1n) is 5.68. The number of aryl methyl sites for hydroxylation is 1. The number of halogens is 1. The summed E-state index contributed by atoms with van der Waals surface area (Å²) in [5, 5.41) is 2.52. The number of pyridine rings is 1. The van der Waals surface area contributed by atoms with Gasteiger partial charge in [0.1, 0.15) is 11.6 Å². The van der Waals surface area contributed by atoms with Crippen molar-refractivity contribution in [1.82, 2.24) is 4.98 Å². The van der Waals surface area contributed by atoms with Gasteiger partial charge in [0.15, 0.2) is 0 Å². The zero-order chi connectivity index (χ0) is 13.8. The molecule has 4 nitrogen and oxygen atoms in total. The molecule has 1 heterocycles. The third kappa shape index (κ3) is 3.07. The summed E-state index contributed by atoms with van der Waals surface area (Å²) >= 11 is 0. The Balaban J connectivity index is 2.20. The fourth-order valence-electron chi connectivity index (χ4n) is 1.63. The second-order valence-electron chi connectivity index (χ2n) is 3.98. The summed E-state index contributed by atoms with van der Waals surface area (Å²) in [5.41, 5.74) is 1.36. The molecule has 0 spiro atoms. The Hall–Kier alpha value is -2.43. The van der Waals surface area contributed by atoms with Gasteiger partial charge in [0.25, 0.3) is 5.91 Å². The third-order valence-corrected chi connectivity index (χ3v) is 2.63. The van der Waals surface area contributed by atoms with Crippen molar-refractivity contribution in [3.05, 3.63) is 53.5 Å². The van der Waals surface area contributed by atoms with E-state index >= 15 is 0 Å². The largest absolute Gasteiger partial charge is 0.496 e. The number of methoxy groups -OCH3 is 1. The minimum absolute atomic E-state index is 0.171. The third-order valence-electron chi connectivity index (χ3n) is 2.63. The van der Waals surface area contributed by atoms with Gasteiger partial charge in [-0.05, 0) is 36.8 Å². The van der Waals surface area contributed by atoms with Crippen LogP contribution in [0.25, 0.3) is 0 Å². The summed E-state index contributed by atoms with van der Waals surface area (Å²) in [6, 6.07) is 9.30. The smallest absolute Gasteiger partial charge is 0.256 e. The molecule has 1 aromatic heterocycles. The average Bonchev–Trinajstić information content (AvgIpc) is 2.39. The van der Waals surface area contributed by atoms with Crippen LogP contribution in [0, 0.1) is 12.9 Å². The van der Waals surface area contributed by atoms with Gasteiger partial charge in [-0.3, -0.25) is 4.79 Å². The summed E-state index contributed by atoms with van der Waals surface area (Å²) < 4.78 is 18.1. The van der Waals surface area contributed by atoms with E-state index in [0.717, 1.165) is 5.56 Å². The van der Waals surface area contributed by atoms with E-state index in [1.807, 2.05) is 6.92 Å². The molecule has 0 saturated heterocycles. The molecule has 1 aromatic carbocycles. The number of nitrogens with one attached hydrogen (secondary N) is 1. The van der Waals surface area contributed by atoms with Crippen molar-refractivity contribution < 1.29 is 13.9 Å². The lowest BCUT2D eigenvalue weighted by molar-refractivity contribution is 0.102. The van der Waals surface area contributed by atoms with Crippen LogP contribution in [0.5, 0.6) is 5.75 Å². The maximum absolute atomic E-state index is 12.9. The molecule has 0 aliphatic rings. The Bertz CT molecular complexity index is 614. The molecule has 5 heteroatoms. The van der Waals surface area contributed by atoms with Crippen LogP contribution in [0.3, 0.4) is 0 Å². The Morgan fingerprint density at radius 1 is 1.32 bits per heavy atom. The van der Waals surface area contributed by atoms with E-state index in [1.54, 1.807) is 18.2 Å². The van der Waals surface area contributed by atoms with Gasteiger partial charge < -0.3 is 10.1 Å². The molecule has 0 aliphatic carbocycles. The number of aromatic nitrogens is 1. The molecule has 0 unspecified atom stereocenters. The molecule has 0 fully saturated rings. The van der Waals surface area contributed by atoms with Crippen molar-refractivity contribution in [3.63, 3.8) is 0 Å². The summed E-state index contributed by atoms with van der Waals surface area (Å²) in [5.74, 6) is -0.208. The van der Waals surface area contributed by atoms with E-state index in [-0.39, 0.29) is 11.7 Å². The molecule has 0 radical (unpaired) electrons. The van der Waals surface area contributed by atoms with Gasteiger partial charge in [-0.1, -0.05) is 12.1 Å². The summed E-state index contributed by atoms with van der Waals surface area (Å²) in [7, 11) is 1.54. The average molecular weight is 260 g/mol. The highest BCUT2D eigenvalue weighted by Gasteiger charge is 2.09. The summed E-state index contributed by atoms with van der Waals surface area (Å²) in [6.45, 7) is 1.88. The fraction of sp³-hybridized carbons (Fsp3) is 0.143. The van der Waals surface area contributed by atoms with Crippen LogP contribution < -0.4 is 10.1 Å². The Kier molecular flexibility index (Phi) is 3.75. The van der Waals surface area contributed by atoms with Crippen LogP contribution in [-0.4, -0.2) is 18.0 Å². The number of amides is 1. The van der Waals surface area contributed by atoms with E-state index in [4.69, 9.17) is 4.74 Å². The number of hydrogen-bond donors (Lipinski definition) is 1. The second-order valence-corrected chi connectivity index (χ2v) is 3.98. The highest BCUT2D eigenvalue weighted by atomic mass is 19.1. The van der Waals surface area contributed by atoms with Crippen LogP contribution in [0.4, 0.5) is 10.2 Å². The van der Waals surface area contributed by atoms with Crippen molar-refractivity contribution in [2.75, 3.05) is 12.4 Å². The van der Waals surface area contributed by atoms with E-state index in [1.165, 1.54) is 25.3 Å². The minimum Gasteiger partial charge on any atom is -0.496 e. The molecular formula is C14H13FN2O2. The number of hydrogen-bond acceptors (Lipinski definition) is 3. The van der Waals surface area contributed by atoms with Gasteiger partial charge in [0, 0.05) is 5.56 Å². The first-order valence-corrected chi connectivity index (χ1v) is 5.68. The molecular weight excluding hydrogens is 247 g/mol. The fourth-order valence-corrected chi connectivity index (χ4v) is 1.63. The molecule has 2 aromatic rings. The number of carbonyl (C=O) groups excluding carboxylic acids is 1. The van der Waals surface area contributed by atoms with Crippen molar-refractivity contribution in [1.29, 1.82) is 0 Å². The molecule has 2 rings (SSSR count). The van der Waals surface area contributed by atoms with E-state index in [0.29, 0.717) is 11.3 Å². The van der Waals surface area contributed by atoms with E-state index in [2.05, 4.69) is 10.3 Å². The van der Waals surface area contributed by atoms with Crippen LogP contribution in [0.15, 0.2) is 36.4 Å². The maximum atomic E-state index is 12.9. The van der Waals surface area contributed by atoms with Gasteiger partial charge in [0.2, 0.25) is 5.95 Å². The second kappa shape index (κ2) is 5.48. The predicted octanol–water partition coefficient (Wildman–Crippen LogP) is 2.79. The molecule has 1 amide bonds. The standard InChI is InChI=1S/C14H13FN2O2/c1-9-6-7-10(8-11(9)19-2)14(18)17-13-5-3-4-12(15)16-13/h3-8H,1-2H3,(H,16,17,18). The maximum Gasteiger partial charge on any atom is 0.256 e. The lowest BCUT2D eigenvalue weighted by Crippen LogP contribution is -2.13. The van der Waals surface area contributed by atoms with Crippen LogP contribution in [0.1, 0.15) is 15.9 Å². The quantitative estimate of drug-likeness (QED) is 0.863. The number of carbonyl (C=O) groups is 1. The highest BCUT2D eigenvalue weighted by molar-refractivity contribution is 6.04. The first-order chi connectivity index (χ1) is 9.10. The van der Waals surface area contributed by atoms with Gasteiger partial charge in [-0.2, -0.15) is 4.39 Å². The highest BCUT2D eigenvalue weighted by Crippen LogP contribution is 2.19. The van der Waals surface area contributed by atoms with Crippen LogP contribution in [0.2, 0.25) is 0 Å². The van der Waals surface area contributed by atoms with Gasteiger partial charge in [0.05, 0.1) is 7.11 Å². The SMILES string of the molecule is COc1cc(C(=O)Nc2cccc(F)n2)ccc1C. The van der Waals surface area contributed by atoms with Crippen molar-refractivity contribution in [2.45, 2.75) is 6.92 Å². The number of nitrogens with zero attached hydrogens (tertiary/aromatic N) is 1. The lowest BCUT2D eigenvalue weighted by atomic mass is 10.1. The first kappa shape index (κ1) is 13.0. The molecule has 19 heavy (non-hydrogen) atoms. The molecule has 98 valence electrons. The zero-order valence-electron chi connectivity index (χ0n) is 10.6. The topological polar surface area (TPSA) is 51.2 Å². The molecule has 1 N–H and O–H groups in total. The monoisotopic (exact) mass is 260 g/mol. The van der Waals surface area contributed by atoms with Crippen molar-refractivity contribution in [2.24, 2.45) is 0 Å². The number of anilines is 1. The summed E-state index contributed by atoms with van der Waals surface area (Å²) in [6.07, 6.45) is 0. The van der Waals surface area contributed by atoms with Gasteiger partial charge in [-0.25, -0.2) is 4.98 Å². The molecule has 0 atom stereocenters. The van der Waals surface area contributed by atoms with Gasteiger partial charge in [-0.15, -0.1) is 0 Å². The Labute approximate surface area is 110 Å². The molecule has 0 saturated carbocycles. The molecule has 0 bridgehead atoms. The minimum atomic E-state index is -0.640. The van der Waals surface area contributed by atoms with Crippen molar-refractivity contribution in [3.8, 4) is 5.75 Å². The van der Waals surface area contributed by atoms with E-state index in [9.17, 15) is 9.18 Å². The van der Waals surface area contributed by atoms with E-state index < -0.39 is 5.95 Å². The van der Waals surface area contributed by atoms with Crippen LogP contribution >= 0.6 is 0 Å². The van der Waals surface area contributed by atoms with Crippen LogP contribution in [-0.2, 0) is 0 Å². The van der Waals surface area contributed by atoms with Gasteiger partial charge >= 0.3 is 0 Å². The normalized spacial score (nSPS) is 10.1. The summed E-state index contributed by atoms with van der Waals surface area (Å²) in [4.78, 5) is 15.5. The zero-order valence-corrected chi connectivity index (χ0v) is 10.6. The number of benzene rings is 1. The van der Waals surface area contributed by atoms with Crippen molar-refractivity contribution >= 4 is 11.7 Å². The molecule has 0 aliphatic heterocycles. The Morgan fingerprint density at radius 2 is 2.11 bits per heavy atom. The number of ether oxygens (including phenoxy) is 1.